The molecule has 0 fully saturated rings. The molecule has 1 aliphatic rings. The molecule has 0 saturated carbocycles. The van der Waals surface area contributed by atoms with Crippen molar-refractivity contribution in [3.05, 3.63) is 89.0 Å². The highest BCUT2D eigenvalue weighted by molar-refractivity contribution is 9.10. The molecule has 1 aliphatic heterocycles. The van der Waals surface area contributed by atoms with Gasteiger partial charge in [-0.05, 0) is 65.0 Å². The standard InChI is InChI=1S/C29H32BrN3O4S/c1-7-32(8-2)28(35)25-18(5)31-29-33(26(25)21-11-9-10-12-23(21)36-6)27(34)24(38-29)16-19-15-20(30)13-14-22(19)37-17(3)4/h9-17,26H,7-8H2,1-6H3/b24-16-/t26-/m0/s1. The van der Waals surface area contributed by atoms with Gasteiger partial charge in [0.15, 0.2) is 4.80 Å². The zero-order valence-corrected chi connectivity index (χ0v) is 24.9. The van der Waals surface area contributed by atoms with E-state index in [0.717, 1.165) is 15.6 Å². The summed E-state index contributed by atoms with van der Waals surface area (Å²) in [7, 11) is 1.59. The molecule has 2 aromatic carbocycles. The number of allylic oxidation sites excluding steroid dienone is 1. The molecule has 3 aromatic rings. The molecule has 9 heteroatoms. The van der Waals surface area contributed by atoms with Crippen LogP contribution in [0, 0.1) is 0 Å². The van der Waals surface area contributed by atoms with Gasteiger partial charge in [-0.25, -0.2) is 4.99 Å². The quantitative estimate of drug-likeness (QED) is 0.378. The van der Waals surface area contributed by atoms with Gasteiger partial charge in [-0.2, -0.15) is 0 Å². The number of fused-ring (bicyclic) bond motifs is 1. The molecule has 4 rings (SSSR count). The molecule has 1 atom stereocenters. The number of nitrogens with zero attached hydrogens (tertiary/aromatic N) is 3. The summed E-state index contributed by atoms with van der Waals surface area (Å²) in [6, 6.07) is 12.6. The number of aromatic nitrogens is 1. The van der Waals surface area contributed by atoms with Gasteiger partial charge >= 0.3 is 0 Å². The Bertz CT molecular complexity index is 1570. The minimum Gasteiger partial charge on any atom is -0.496 e. The van der Waals surface area contributed by atoms with Crippen molar-refractivity contribution in [2.24, 2.45) is 4.99 Å². The van der Waals surface area contributed by atoms with Crippen molar-refractivity contribution in [1.82, 2.24) is 9.47 Å². The first-order valence-corrected chi connectivity index (χ1v) is 14.2. The number of carbonyl (C=O) groups is 1. The Morgan fingerprint density at radius 1 is 1.18 bits per heavy atom. The van der Waals surface area contributed by atoms with E-state index in [2.05, 4.69) is 15.9 Å². The van der Waals surface area contributed by atoms with Gasteiger partial charge in [0.05, 0.1) is 29.0 Å². The van der Waals surface area contributed by atoms with E-state index in [1.807, 2.05) is 83.2 Å². The van der Waals surface area contributed by atoms with Crippen LogP contribution < -0.4 is 24.4 Å². The van der Waals surface area contributed by atoms with E-state index in [-0.39, 0.29) is 17.6 Å². The first kappa shape index (κ1) is 27.9. The van der Waals surface area contributed by atoms with Gasteiger partial charge in [0.25, 0.3) is 11.5 Å². The molecule has 0 N–H and O–H groups in total. The Morgan fingerprint density at radius 2 is 1.89 bits per heavy atom. The molecule has 1 aromatic heterocycles. The van der Waals surface area contributed by atoms with Gasteiger partial charge in [-0.15, -0.1) is 0 Å². The number of thiazole rings is 1. The van der Waals surface area contributed by atoms with Crippen molar-refractivity contribution in [3.8, 4) is 11.5 Å². The second kappa shape index (κ2) is 11.7. The van der Waals surface area contributed by atoms with Crippen molar-refractivity contribution >= 4 is 39.2 Å². The number of carbonyl (C=O) groups excluding carboxylic acids is 1. The van der Waals surface area contributed by atoms with Crippen molar-refractivity contribution < 1.29 is 14.3 Å². The zero-order valence-electron chi connectivity index (χ0n) is 22.4. The number of amides is 1. The number of benzene rings is 2. The molecular formula is C29H32BrN3O4S. The van der Waals surface area contributed by atoms with Crippen LogP contribution in [-0.2, 0) is 4.79 Å². The molecular weight excluding hydrogens is 566 g/mol. The maximum Gasteiger partial charge on any atom is 0.271 e. The molecule has 7 nitrogen and oxygen atoms in total. The third-order valence-electron chi connectivity index (χ3n) is 6.36. The second-order valence-corrected chi connectivity index (χ2v) is 11.1. The summed E-state index contributed by atoms with van der Waals surface area (Å²) < 4.78 is 14.7. The monoisotopic (exact) mass is 597 g/mol. The third-order valence-corrected chi connectivity index (χ3v) is 7.83. The van der Waals surface area contributed by atoms with Crippen LogP contribution in [0.4, 0.5) is 0 Å². The van der Waals surface area contributed by atoms with Crippen LogP contribution >= 0.6 is 27.3 Å². The number of hydrogen-bond donors (Lipinski definition) is 0. The average molecular weight is 599 g/mol. The van der Waals surface area contributed by atoms with Crippen molar-refractivity contribution in [2.75, 3.05) is 20.2 Å². The van der Waals surface area contributed by atoms with E-state index in [1.54, 1.807) is 16.6 Å². The average Bonchev–Trinajstić information content (AvgIpc) is 3.19. The maximum atomic E-state index is 14.0. The van der Waals surface area contributed by atoms with Crippen LogP contribution in [0.2, 0.25) is 0 Å². The molecule has 0 saturated heterocycles. The largest absolute Gasteiger partial charge is 0.496 e. The van der Waals surface area contributed by atoms with Gasteiger partial charge in [0.1, 0.15) is 17.5 Å². The topological polar surface area (TPSA) is 73.1 Å². The van der Waals surface area contributed by atoms with Crippen molar-refractivity contribution in [3.63, 3.8) is 0 Å². The molecule has 0 bridgehead atoms. The summed E-state index contributed by atoms with van der Waals surface area (Å²) in [5.41, 5.74) is 2.36. The molecule has 0 spiro atoms. The van der Waals surface area contributed by atoms with Gasteiger partial charge in [-0.3, -0.25) is 14.2 Å². The zero-order chi connectivity index (χ0) is 27.6. The minimum atomic E-state index is -0.674. The fraction of sp³-hybridized carbons (Fsp3) is 0.345. The molecule has 0 radical (unpaired) electrons. The summed E-state index contributed by atoms with van der Waals surface area (Å²) in [5.74, 6) is 1.15. The summed E-state index contributed by atoms with van der Waals surface area (Å²) in [5, 5.41) is 0. The number of halogens is 1. The SMILES string of the molecule is CCN(CC)C(=O)C1=C(C)N=c2s/c(=C\c3cc(Br)ccc3OC(C)C)c(=O)n2[C@H]1c1ccccc1OC. The Balaban J connectivity index is 2.00. The normalized spacial score (nSPS) is 15.4. The Labute approximate surface area is 234 Å². The van der Waals surface area contributed by atoms with E-state index >= 15 is 0 Å². The minimum absolute atomic E-state index is 0.0219. The van der Waals surface area contributed by atoms with E-state index in [4.69, 9.17) is 14.5 Å². The van der Waals surface area contributed by atoms with E-state index in [0.29, 0.717) is 45.2 Å². The van der Waals surface area contributed by atoms with E-state index < -0.39 is 6.04 Å². The van der Waals surface area contributed by atoms with E-state index in [1.165, 1.54) is 11.3 Å². The highest BCUT2D eigenvalue weighted by Crippen LogP contribution is 2.36. The molecule has 200 valence electrons. The van der Waals surface area contributed by atoms with Crippen LogP contribution in [0.15, 0.2) is 68.0 Å². The van der Waals surface area contributed by atoms with Crippen molar-refractivity contribution in [2.45, 2.75) is 46.8 Å². The van der Waals surface area contributed by atoms with Gasteiger partial charge < -0.3 is 14.4 Å². The number of para-hydroxylation sites is 1. The van der Waals surface area contributed by atoms with Crippen LogP contribution in [-0.4, -0.2) is 41.7 Å². The van der Waals surface area contributed by atoms with Gasteiger partial charge in [-0.1, -0.05) is 45.5 Å². The third kappa shape index (κ3) is 5.35. The predicted octanol–water partition coefficient (Wildman–Crippen LogP) is 4.66. The fourth-order valence-corrected chi connectivity index (χ4v) is 6.01. The number of likely N-dealkylation sites (N-methyl/N-ethyl adjacent to an activating group) is 1. The molecule has 0 unspecified atom stereocenters. The summed E-state index contributed by atoms with van der Waals surface area (Å²) in [4.78, 5) is 34.9. The molecule has 38 heavy (non-hydrogen) atoms. The highest BCUT2D eigenvalue weighted by Gasteiger charge is 2.35. The predicted molar refractivity (Wildman–Crippen MR) is 155 cm³/mol. The lowest BCUT2D eigenvalue weighted by molar-refractivity contribution is -0.127. The van der Waals surface area contributed by atoms with Crippen LogP contribution in [0.25, 0.3) is 6.08 Å². The summed E-state index contributed by atoms with van der Waals surface area (Å²) >= 11 is 4.83. The molecule has 2 heterocycles. The lowest BCUT2D eigenvalue weighted by atomic mass is 9.94. The Morgan fingerprint density at radius 3 is 2.55 bits per heavy atom. The summed E-state index contributed by atoms with van der Waals surface area (Å²) in [6.45, 7) is 10.7. The fourth-order valence-electron chi connectivity index (χ4n) is 4.60. The Hall–Kier alpha value is -3.17. The lowest BCUT2D eigenvalue weighted by Crippen LogP contribution is -2.43. The van der Waals surface area contributed by atoms with E-state index in [9.17, 15) is 9.59 Å². The van der Waals surface area contributed by atoms with Crippen LogP contribution in [0.3, 0.4) is 0 Å². The Kier molecular flexibility index (Phi) is 8.57. The maximum absolute atomic E-state index is 14.0. The second-order valence-electron chi connectivity index (χ2n) is 9.15. The van der Waals surface area contributed by atoms with Crippen LogP contribution in [0.5, 0.6) is 11.5 Å². The smallest absolute Gasteiger partial charge is 0.271 e. The number of methoxy groups -OCH3 is 1. The molecule has 1 amide bonds. The number of ether oxygens (including phenoxy) is 2. The highest BCUT2D eigenvalue weighted by atomic mass is 79.9. The lowest BCUT2D eigenvalue weighted by Gasteiger charge is -2.29. The summed E-state index contributed by atoms with van der Waals surface area (Å²) in [6.07, 6.45) is 1.81. The van der Waals surface area contributed by atoms with Gasteiger partial charge in [0, 0.05) is 28.7 Å². The number of rotatable bonds is 8. The molecule has 0 aliphatic carbocycles. The number of hydrogen-bond acceptors (Lipinski definition) is 6. The van der Waals surface area contributed by atoms with Crippen LogP contribution in [0.1, 0.15) is 51.8 Å². The first-order valence-electron chi connectivity index (χ1n) is 12.6. The van der Waals surface area contributed by atoms with Gasteiger partial charge in [0.2, 0.25) is 0 Å². The first-order chi connectivity index (χ1) is 18.2. The van der Waals surface area contributed by atoms with Crippen molar-refractivity contribution in [1.29, 1.82) is 0 Å².